The van der Waals surface area contributed by atoms with E-state index in [9.17, 15) is 14.3 Å². The maximum absolute atomic E-state index is 14.3. The Hall–Kier alpha value is -1.24. The van der Waals surface area contributed by atoms with E-state index in [2.05, 4.69) is 9.88 Å². The fourth-order valence-corrected chi connectivity index (χ4v) is 5.56. The molecule has 4 unspecified atom stereocenters. The Bertz CT molecular complexity index is 718. The first-order chi connectivity index (χ1) is 12.4. The minimum Gasteiger partial charge on any atom is -0.393 e. The molecule has 3 fully saturated rings. The third-order valence-electron chi connectivity index (χ3n) is 6.43. The smallest absolute Gasteiger partial charge is 0.167 e. The lowest BCUT2D eigenvalue weighted by Gasteiger charge is -2.51. The Kier molecular flexibility index (Phi) is 4.70. The van der Waals surface area contributed by atoms with Crippen molar-refractivity contribution in [3.63, 3.8) is 0 Å². The molecule has 142 valence electrons. The molecule has 4 atom stereocenters. The highest BCUT2D eigenvalue weighted by Crippen LogP contribution is 2.47. The number of pyridine rings is 1. The van der Waals surface area contributed by atoms with Crippen LogP contribution in [-0.2, 0) is 4.79 Å². The lowest BCUT2D eigenvalue weighted by molar-refractivity contribution is -0.137. The van der Waals surface area contributed by atoms with Gasteiger partial charge in [-0.05, 0) is 51.5 Å². The van der Waals surface area contributed by atoms with Gasteiger partial charge in [0.2, 0.25) is 0 Å². The summed E-state index contributed by atoms with van der Waals surface area (Å²) in [5.41, 5.74) is -0.554. The van der Waals surface area contributed by atoms with Gasteiger partial charge in [-0.25, -0.2) is 9.37 Å². The standard InChI is InChI=1S/C19H25ClFN3O2/c1-12(25)19-5-4-14(8-16(26)9-19)24(19)15-3-2-6-23(11-15)18-17(21)7-13(20)10-22-18/h7,10,14-16,26H,2-6,8-9,11H2,1H3. The third-order valence-corrected chi connectivity index (χ3v) is 6.64. The summed E-state index contributed by atoms with van der Waals surface area (Å²) in [7, 11) is 0. The molecular weight excluding hydrogens is 357 g/mol. The van der Waals surface area contributed by atoms with Crippen molar-refractivity contribution in [1.82, 2.24) is 9.88 Å². The van der Waals surface area contributed by atoms with Crippen LogP contribution < -0.4 is 4.90 Å². The molecule has 0 saturated carbocycles. The summed E-state index contributed by atoms with van der Waals surface area (Å²) in [5.74, 6) is 0.0727. The van der Waals surface area contributed by atoms with Crippen molar-refractivity contribution in [1.29, 1.82) is 0 Å². The number of halogens is 2. The zero-order valence-electron chi connectivity index (χ0n) is 15.0. The molecule has 3 aliphatic rings. The predicted octanol–water partition coefficient (Wildman–Crippen LogP) is 2.79. The Balaban J connectivity index is 1.60. The molecule has 4 rings (SSSR count). The summed E-state index contributed by atoms with van der Waals surface area (Å²) in [4.78, 5) is 21.1. The van der Waals surface area contributed by atoms with E-state index in [0.717, 1.165) is 38.6 Å². The van der Waals surface area contributed by atoms with Gasteiger partial charge in [-0.3, -0.25) is 9.69 Å². The number of hydrogen-bond acceptors (Lipinski definition) is 5. The van der Waals surface area contributed by atoms with E-state index in [0.29, 0.717) is 23.8 Å². The SMILES string of the molecule is CC(=O)C12CCC(CC(O)C1)N2C1CCCN(c2ncc(Cl)cc2F)C1. The Morgan fingerprint density at radius 2 is 2.23 bits per heavy atom. The van der Waals surface area contributed by atoms with Crippen LogP contribution in [0.15, 0.2) is 12.3 Å². The predicted molar refractivity (Wildman–Crippen MR) is 98.0 cm³/mol. The number of aliphatic hydroxyl groups is 1. The van der Waals surface area contributed by atoms with E-state index < -0.39 is 17.5 Å². The van der Waals surface area contributed by atoms with E-state index in [4.69, 9.17) is 11.6 Å². The van der Waals surface area contributed by atoms with Gasteiger partial charge in [0.15, 0.2) is 11.6 Å². The number of ketones is 1. The molecular formula is C19H25ClFN3O2. The van der Waals surface area contributed by atoms with Crippen LogP contribution in [0.5, 0.6) is 0 Å². The first-order valence-electron chi connectivity index (χ1n) is 9.44. The van der Waals surface area contributed by atoms with Gasteiger partial charge in [0.1, 0.15) is 5.78 Å². The Morgan fingerprint density at radius 1 is 1.42 bits per heavy atom. The van der Waals surface area contributed by atoms with Crippen LogP contribution in [0.25, 0.3) is 0 Å². The normalized spacial score (nSPS) is 34.9. The molecule has 7 heteroatoms. The lowest BCUT2D eigenvalue weighted by Crippen LogP contribution is -2.64. The molecule has 2 bridgehead atoms. The molecule has 3 aliphatic heterocycles. The molecule has 0 aliphatic carbocycles. The van der Waals surface area contributed by atoms with Gasteiger partial charge in [0, 0.05) is 31.4 Å². The first-order valence-corrected chi connectivity index (χ1v) is 9.82. The molecule has 1 aromatic heterocycles. The zero-order chi connectivity index (χ0) is 18.5. The van der Waals surface area contributed by atoms with Crippen molar-refractivity contribution in [2.45, 2.75) is 69.2 Å². The van der Waals surface area contributed by atoms with Gasteiger partial charge < -0.3 is 10.0 Å². The van der Waals surface area contributed by atoms with Gasteiger partial charge >= 0.3 is 0 Å². The van der Waals surface area contributed by atoms with Crippen LogP contribution in [0.4, 0.5) is 10.2 Å². The number of carbonyl (C=O) groups excluding carboxylic acids is 1. The number of Topliss-reactive ketones (excluding diaryl/α,β-unsaturated/α-hetero) is 1. The fraction of sp³-hybridized carbons (Fsp3) is 0.684. The van der Waals surface area contributed by atoms with Crippen LogP contribution in [-0.4, -0.2) is 57.6 Å². The van der Waals surface area contributed by atoms with Gasteiger partial charge in [-0.1, -0.05) is 11.6 Å². The van der Waals surface area contributed by atoms with Gasteiger partial charge in [0.05, 0.1) is 16.7 Å². The molecule has 3 saturated heterocycles. The third kappa shape index (κ3) is 2.92. The quantitative estimate of drug-likeness (QED) is 0.872. The number of aliphatic hydroxyl groups excluding tert-OH is 1. The number of nitrogens with zero attached hydrogens (tertiary/aromatic N) is 3. The number of carbonyl (C=O) groups is 1. The maximum atomic E-state index is 14.3. The first kappa shape index (κ1) is 18.1. The molecule has 26 heavy (non-hydrogen) atoms. The van der Waals surface area contributed by atoms with E-state index in [1.54, 1.807) is 6.92 Å². The van der Waals surface area contributed by atoms with Crippen molar-refractivity contribution in [3.05, 3.63) is 23.1 Å². The molecule has 1 N–H and O–H groups in total. The number of rotatable bonds is 3. The Labute approximate surface area is 158 Å². The number of anilines is 1. The van der Waals surface area contributed by atoms with Crippen LogP contribution in [0.2, 0.25) is 5.02 Å². The lowest BCUT2D eigenvalue weighted by atomic mass is 9.81. The summed E-state index contributed by atoms with van der Waals surface area (Å²) in [6, 6.07) is 1.70. The number of fused-ring (bicyclic) bond motifs is 2. The maximum Gasteiger partial charge on any atom is 0.167 e. The van der Waals surface area contributed by atoms with E-state index >= 15 is 0 Å². The fourth-order valence-electron chi connectivity index (χ4n) is 5.41. The van der Waals surface area contributed by atoms with Crippen molar-refractivity contribution in [3.8, 4) is 0 Å². The molecule has 5 nitrogen and oxygen atoms in total. The summed E-state index contributed by atoms with van der Waals surface area (Å²) in [5, 5.41) is 10.5. The average Bonchev–Trinajstić information content (AvgIpc) is 2.84. The second-order valence-corrected chi connectivity index (χ2v) is 8.42. The molecule has 0 radical (unpaired) electrons. The number of aromatic nitrogens is 1. The second kappa shape index (κ2) is 6.73. The highest BCUT2D eigenvalue weighted by atomic mass is 35.5. The van der Waals surface area contributed by atoms with Crippen molar-refractivity contribution >= 4 is 23.2 Å². The summed E-state index contributed by atoms with van der Waals surface area (Å²) >= 11 is 5.83. The summed E-state index contributed by atoms with van der Waals surface area (Å²) in [6.45, 7) is 3.04. The largest absolute Gasteiger partial charge is 0.393 e. The second-order valence-electron chi connectivity index (χ2n) is 7.98. The van der Waals surface area contributed by atoms with E-state index in [-0.39, 0.29) is 17.9 Å². The Morgan fingerprint density at radius 3 is 2.96 bits per heavy atom. The van der Waals surface area contributed by atoms with E-state index in [1.807, 2.05) is 4.90 Å². The van der Waals surface area contributed by atoms with Crippen molar-refractivity contribution < 1.29 is 14.3 Å². The minimum atomic E-state index is -0.554. The summed E-state index contributed by atoms with van der Waals surface area (Å²) in [6.07, 6.45) is 5.97. The number of hydrogen-bond donors (Lipinski definition) is 1. The minimum absolute atomic E-state index is 0.145. The zero-order valence-corrected chi connectivity index (χ0v) is 15.8. The molecule has 1 aromatic rings. The molecule has 4 heterocycles. The molecule has 0 amide bonds. The van der Waals surface area contributed by atoms with Crippen LogP contribution in [0.3, 0.4) is 0 Å². The molecule has 0 spiro atoms. The topological polar surface area (TPSA) is 56.7 Å². The van der Waals surface area contributed by atoms with Crippen LogP contribution in [0, 0.1) is 5.82 Å². The highest BCUT2D eigenvalue weighted by Gasteiger charge is 2.56. The van der Waals surface area contributed by atoms with Crippen LogP contribution >= 0.6 is 11.6 Å². The van der Waals surface area contributed by atoms with Crippen molar-refractivity contribution in [2.75, 3.05) is 18.0 Å². The van der Waals surface area contributed by atoms with Crippen LogP contribution in [0.1, 0.15) is 45.4 Å². The van der Waals surface area contributed by atoms with Gasteiger partial charge in [-0.2, -0.15) is 0 Å². The monoisotopic (exact) mass is 381 g/mol. The summed E-state index contributed by atoms with van der Waals surface area (Å²) < 4.78 is 14.3. The van der Waals surface area contributed by atoms with Gasteiger partial charge in [-0.15, -0.1) is 0 Å². The molecule has 0 aromatic carbocycles. The highest BCUT2D eigenvalue weighted by molar-refractivity contribution is 6.30. The van der Waals surface area contributed by atoms with Gasteiger partial charge in [0.25, 0.3) is 0 Å². The van der Waals surface area contributed by atoms with Crippen molar-refractivity contribution in [2.24, 2.45) is 0 Å². The van der Waals surface area contributed by atoms with E-state index in [1.165, 1.54) is 12.3 Å². The number of piperidine rings is 2. The average molecular weight is 382 g/mol.